The summed E-state index contributed by atoms with van der Waals surface area (Å²) >= 11 is 0. The van der Waals surface area contributed by atoms with E-state index in [0.29, 0.717) is 6.54 Å². The van der Waals surface area contributed by atoms with Gasteiger partial charge in [0, 0.05) is 24.2 Å². The molecule has 0 heterocycles. The lowest BCUT2D eigenvalue weighted by molar-refractivity contribution is 0.239. The van der Waals surface area contributed by atoms with Crippen molar-refractivity contribution in [3.8, 4) is 0 Å². The largest absolute Gasteiger partial charge is 0.324 e. The molecular formula is C14H21FN2. The first kappa shape index (κ1) is 12.5. The van der Waals surface area contributed by atoms with Gasteiger partial charge in [-0.1, -0.05) is 31.0 Å². The first-order chi connectivity index (χ1) is 8.09. The summed E-state index contributed by atoms with van der Waals surface area (Å²) < 4.78 is 13.5. The van der Waals surface area contributed by atoms with Crippen molar-refractivity contribution in [3.63, 3.8) is 0 Å². The fourth-order valence-corrected chi connectivity index (χ4v) is 2.75. The van der Waals surface area contributed by atoms with Gasteiger partial charge in [0.25, 0.3) is 0 Å². The van der Waals surface area contributed by atoms with Crippen LogP contribution in [0.1, 0.15) is 31.2 Å². The molecule has 0 saturated heterocycles. The van der Waals surface area contributed by atoms with E-state index in [1.807, 2.05) is 19.2 Å². The standard InChI is InChI=1S/C14H21FN2/c1-17(11-14(16)8-4-5-9-14)10-12-6-2-3-7-13(12)15/h2-3,6-7H,4-5,8-11,16H2,1H3. The van der Waals surface area contributed by atoms with Crippen molar-refractivity contribution in [2.75, 3.05) is 13.6 Å². The van der Waals surface area contributed by atoms with Gasteiger partial charge in [-0.05, 0) is 26.0 Å². The molecule has 3 heteroatoms. The maximum absolute atomic E-state index is 13.5. The second kappa shape index (κ2) is 5.15. The zero-order chi connectivity index (χ0) is 12.3. The number of likely N-dealkylation sites (N-methyl/N-ethyl adjacent to an activating group) is 1. The molecule has 2 nitrogen and oxygen atoms in total. The van der Waals surface area contributed by atoms with Crippen LogP contribution in [0.3, 0.4) is 0 Å². The summed E-state index contributed by atoms with van der Waals surface area (Å²) in [5, 5.41) is 0. The van der Waals surface area contributed by atoms with E-state index in [2.05, 4.69) is 4.90 Å². The molecule has 0 spiro atoms. The molecule has 2 rings (SSSR count). The lowest BCUT2D eigenvalue weighted by Crippen LogP contribution is -2.46. The molecule has 0 bridgehead atoms. The van der Waals surface area contributed by atoms with E-state index in [0.717, 1.165) is 24.9 Å². The van der Waals surface area contributed by atoms with Crippen molar-refractivity contribution >= 4 is 0 Å². The fraction of sp³-hybridized carbons (Fsp3) is 0.571. The average molecular weight is 236 g/mol. The molecule has 2 N–H and O–H groups in total. The highest BCUT2D eigenvalue weighted by Crippen LogP contribution is 2.28. The Bertz CT molecular complexity index is 372. The van der Waals surface area contributed by atoms with Crippen LogP contribution in [-0.2, 0) is 6.54 Å². The molecule has 1 aromatic rings. The molecule has 0 radical (unpaired) electrons. The van der Waals surface area contributed by atoms with Crippen molar-refractivity contribution in [1.82, 2.24) is 4.90 Å². The topological polar surface area (TPSA) is 29.3 Å². The third-order valence-electron chi connectivity index (χ3n) is 3.58. The van der Waals surface area contributed by atoms with E-state index in [1.54, 1.807) is 6.07 Å². The van der Waals surface area contributed by atoms with E-state index in [4.69, 9.17) is 5.73 Å². The van der Waals surface area contributed by atoms with E-state index in [9.17, 15) is 4.39 Å². The molecule has 1 aliphatic rings. The van der Waals surface area contributed by atoms with Crippen LogP contribution in [0.4, 0.5) is 4.39 Å². The summed E-state index contributed by atoms with van der Waals surface area (Å²) in [5.41, 5.74) is 7.01. The third-order valence-corrected chi connectivity index (χ3v) is 3.58. The van der Waals surface area contributed by atoms with Gasteiger partial charge in [0.15, 0.2) is 0 Å². The Balaban J connectivity index is 1.93. The Hall–Kier alpha value is -0.930. The van der Waals surface area contributed by atoms with Crippen LogP contribution in [0, 0.1) is 5.82 Å². The Morgan fingerprint density at radius 2 is 1.94 bits per heavy atom. The van der Waals surface area contributed by atoms with Crippen LogP contribution in [0.5, 0.6) is 0 Å². The first-order valence-electron chi connectivity index (χ1n) is 6.30. The van der Waals surface area contributed by atoms with Crippen molar-refractivity contribution in [3.05, 3.63) is 35.6 Å². The second-order valence-corrected chi connectivity index (χ2v) is 5.33. The van der Waals surface area contributed by atoms with Gasteiger partial charge in [0.2, 0.25) is 0 Å². The normalized spacial score (nSPS) is 18.8. The average Bonchev–Trinajstić information content (AvgIpc) is 2.68. The Kier molecular flexibility index (Phi) is 3.79. The van der Waals surface area contributed by atoms with Crippen LogP contribution in [0.2, 0.25) is 0 Å². The van der Waals surface area contributed by atoms with E-state index < -0.39 is 0 Å². The minimum Gasteiger partial charge on any atom is -0.324 e. The zero-order valence-electron chi connectivity index (χ0n) is 10.5. The molecule has 1 saturated carbocycles. The summed E-state index contributed by atoms with van der Waals surface area (Å²) in [6.45, 7) is 1.48. The van der Waals surface area contributed by atoms with Crippen LogP contribution < -0.4 is 5.73 Å². The molecule has 1 aliphatic carbocycles. The van der Waals surface area contributed by atoms with Crippen molar-refractivity contribution in [2.24, 2.45) is 5.73 Å². The summed E-state index contributed by atoms with van der Waals surface area (Å²) in [6, 6.07) is 6.95. The summed E-state index contributed by atoms with van der Waals surface area (Å²) in [5.74, 6) is -0.128. The third kappa shape index (κ3) is 3.27. The quantitative estimate of drug-likeness (QED) is 0.870. The first-order valence-corrected chi connectivity index (χ1v) is 6.30. The zero-order valence-corrected chi connectivity index (χ0v) is 10.5. The van der Waals surface area contributed by atoms with Crippen molar-refractivity contribution in [1.29, 1.82) is 0 Å². The van der Waals surface area contributed by atoms with Crippen LogP contribution in [0.15, 0.2) is 24.3 Å². The number of benzene rings is 1. The Morgan fingerprint density at radius 1 is 1.29 bits per heavy atom. The SMILES string of the molecule is CN(Cc1ccccc1F)CC1(N)CCCC1. The highest BCUT2D eigenvalue weighted by Gasteiger charge is 2.30. The maximum atomic E-state index is 13.5. The molecule has 17 heavy (non-hydrogen) atoms. The van der Waals surface area contributed by atoms with Gasteiger partial charge in [0.05, 0.1) is 0 Å². The minimum absolute atomic E-state index is 0.0555. The van der Waals surface area contributed by atoms with Crippen LogP contribution in [-0.4, -0.2) is 24.0 Å². The summed E-state index contributed by atoms with van der Waals surface area (Å²) in [6.07, 6.45) is 4.64. The molecule has 0 aliphatic heterocycles. The molecule has 1 fully saturated rings. The molecule has 0 unspecified atom stereocenters. The predicted molar refractivity (Wildman–Crippen MR) is 68.1 cm³/mol. The van der Waals surface area contributed by atoms with Gasteiger partial charge >= 0.3 is 0 Å². The van der Waals surface area contributed by atoms with Gasteiger partial charge in [-0.15, -0.1) is 0 Å². The highest BCUT2D eigenvalue weighted by atomic mass is 19.1. The number of nitrogens with two attached hydrogens (primary N) is 1. The van der Waals surface area contributed by atoms with Crippen LogP contribution >= 0.6 is 0 Å². The van der Waals surface area contributed by atoms with E-state index in [1.165, 1.54) is 18.9 Å². The predicted octanol–water partition coefficient (Wildman–Crippen LogP) is 2.53. The summed E-state index contributed by atoms with van der Waals surface area (Å²) in [4.78, 5) is 2.13. The molecule has 1 aromatic carbocycles. The van der Waals surface area contributed by atoms with Crippen LogP contribution in [0.25, 0.3) is 0 Å². The number of nitrogens with zero attached hydrogens (tertiary/aromatic N) is 1. The van der Waals surface area contributed by atoms with Crippen molar-refractivity contribution < 1.29 is 4.39 Å². The van der Waals surface area contributed by atoms with Gasteiger partial charge in [-0.3, -0.25) is 0 Å². The molecule has 0 amide bonds. The lowest BCUT2D eigenvalue weighted by Gasteiger charge is -2.29. The smallest absolute Gasteiger partial charge is 0.127 e. The summed E-state index contributed by atoms with van der Waals surface area (Å²) in [7, 11) is 2.01. The molecule has 94 valence electrons. The number of hydrogen-bond donors (Lipinski definition) is 1. The minimum atomic E-state index is -0.128. The highest BCUT2D eigenvalue weighted by molar-refractivity contribution is 5.17. The van der Waals surface area contributed by atoms with Crippen molar-refractivity contribution in [2.45, 2.75) is 37.8 Å². The monoisotopic (exact) mass is 236 g/mol. The number of hydrogen-bond acceptors (Lipinski definition) is 2. The number of rotatable bonds is 4. The van der Waals surface area contributed by atoms with Gasteiger partial charge in [-0.2, -0.15) is 0 Å². The van der Waals surface area contributed by atoms with Gasteiger partial charge in [-0.25, -0.2) is 4.39 Å². The van der Waals surface area contributed by atoms with Gasteiger partial charge in [0.1, 0.15) is 5.82 Å². The fourth-order valence-electron chi connectivity index (χ4n) is 2.75. The molecule has 0 aromatic heterocycles. The molecular weight excluding hydrogens is 215 g/mol. The number of halogens is 1. The Morgan fingerprint density at radius 3 is 2.59 bits per heavy atom. The Labute approximate surface area is 103 Å². The molecule has 0 atom stereocenters. The lowest BCUT2D eigenvalue weighted by atomic mass is 9.98. The van der Waals surface area contributed by atoms with E-state index in [-0.39, 0.29) is 11.4 Å². The second-order valence-electron chi connectivity index (χ2n) is 5.33. The maximum Gasteiger partial charge on any atom is 0.127 e. The van der Waals surface area contributed by atoms with Gasteiger partial charge < -0.3 is 10.6 Å². The van der Waals surface area contributed by atoms with E-state index >= 15 is 0 Å².